The average Bonchev–Trinajstić information content (AvgIpc) is 3.20. The maximum Gasteiger partial charge on any atom is 0.0809 e. The molecule has 0 aromatic heterocycles. The summed E-state index contributed by atoms with van der Waals surface area (Å²) in [5, 5.41) is 31.7. The first-order valence-electron chi connectivity index (χ1n) is 14.7. The lowest BCUT2D eigenvalue weighted by Crippen LogP contribution is -2.40. The van der Waals surface area contributed by atoms with Gasteiger partial charge in [0.15, 0.2) is 0 Å². The van der Waals surface area contributed by atoms with Gasteiger partial charge < -0.3 is 15.3 Å². The molecule has 200 valence electrons. The van der Waals surface area contributed by atoms with Gasteiger partial charge in [-0.15, -0.1) is 0 Å². The molecule has 3 aliphatic carbocycles. The first-order valence-corrected chi connectivity index (χ1v) is 14.7. The Labute approximate surface area is 215 Å². The predicted molar refractivity (Wildman–Crippen MR) is 147 cm³/mol. The fourth-order valence-electron chi connectivity index (χ4n) is 7.94. The quantitative estimate of drug-likeness (QED) is 0.280. The van der Waals surface area contributed by atoms with E-state index in [4.69, 9.17) is 0 Å². The molecule has 3 aliphatic rings. The van der Waals surface area contributed by atoms with Crippen LogP contribution in [0.2, 0.25) is 0 Å². The second-order valence-corrected chi connectivity index (χ2v) is 12.6. The van der Waals surface area contributed by atoms with Crippen LogP contribution in [0.5, 0.6) is 0 Å². The van der Waals surface area contributed by atoms with E-state index in [1.807, 2.05) is 0 Å². The number of fused-ring (bicyclic) bond motifs is 1. The van der Waals surface area contributed by atoms with E-state index in [9.17, 15) is 15.3 Å². The Bertz CT molecular complexity index is 760. The van der Waals surface area contributed by atoms with E-state index in [-0.39, 0.29) is 0 Å². The number of aliphatic hydroxyl groups excluding tert-OH is 2. The molecule has 3 heteroatoms. The number of aliphatic hydroxyl groups is 3. The number of hydrogen-bond acceptors (Lipinski definition) is 3. The van der Waals surface area contributed by atoms with E-state index < -0.39 is 17.8 Å². The maximum atomic E-state index is 11.2. The van der Waals surface area contributed by atoms with Crippen LogP contribution in [0.1, 0.15) is 118 Å². The molecule has 3 saturated carbocycles. The van der Waals surface area contributed by atoms with Crippen LogP contribution in [-0.2, 0) is 0 Å². The van der Waals surface area contributed by atoms with Crippen molar-refractivity contribution in [3.05, 3.63) is 35.5 Å². The smallest absolute Gasteiger partial charge is 0.0809 e. The van der Waals surface area contributed by atoms with Gasteiger partial charge in [0.25, 0.3) is 0 Å². The highest BCUT2D eigenvalue weighted by Gasteiger charge is 2.52. The number of hydrogen-bond donors (Lipinski definition) is 3. The second kappa shape index (κ2) is 12.1. The van der Waals surface area contributed by atoms with Crippen molar-refractivity contribution in [1.82, 2.24) is 0 Å². The van der Waals surface area contributed by atoms with Crippen LogP contribution in [0, 0.1) is 29.1 Å². The van der Waals surface area contributed by atoms with E-state index in [0.29, 0.717) is 47.5 Å². The molecule has 0 amide bonds. The summed E-state index contributed by atoms with van der Waals surface area (Å²) >= 11 is 0. The van der Waals surface area contributed by atoms with Crippen molar-refractivity contribution >= 4 is 0 Å². The van der Waals surface area contributed by atoms with Gasteiger partial charge in [0.1, 0.15) is 0 Å². The normalized spacial score (nSPS) is 34.7. The third-order valence-electron chi connectivity index (χ3n) is 10.6. The fraction of sp³-hybridized carbons (Fsp3) is 0.812. The largest absolute Gasteiger partial charge is 0.390 e. The van der Waals surface area contributed by atoms with Crippen molar-refractivity contribution in [2.45, 2.75) is 136 Å². The summed E-state index contributed by atoms with van der Waals surface area (Å²) in [7, 11) is 0. The third kappa shape index (κ3) is 6.33. The maximum absolute atomic E-state index is 11.2. The van der Waals surface area contributed by atoms with Crippen molar-refractivity contribution < 1.29 is 15.3 Å². The summed E-state index contributed by atoms with van der Waals surface area (Å²) in [6.45, 7) is 15.5. The van der Waals surface area contributed by atoms with E-state index in [0.717, 1.165) is 24.8 Å². The van der Waals surface area contributed by atoms with Crippen molar-refractivity contribution in [3.8, 4) is 0 Å². The van der Waals surface area contributed by atoms with Gasteiger partial charge in [-0.25, -0.2) is 0 Å². The van der Waals surface area contributed by atoms with Crippen LogP contribution >= 0.6 is 0 Å². The van der Waals surface area contributed by atoms with Crippen molar-refractivity contribution in [2.24, 2.45) is 29.1 Å². The highest BCUT2D eigenvalue weighted by molar-refractivity contribution is 5.29. The first-order chi connectivity index (χ1) is 16.6. The summed E-state index contributed by atoms with van der Waals surface area (Å²) in [5.74, 6) is 2.58. The number of rotatable bonds is 10. The average molecular weight is 487 g/mol. The summed E-state index contributed by atoms with van der Waals surface area (Å²) in [6, 6.07) is 0. The van der Waals surface area contributed by atoms with Crippen LogP contribution < -0.4 is 0 Å². The molecule has 3 N–H and O–H groups in total. The zero-order valence-electron chi connectivity index (χ0n) is 23.4. The van der Waals surface area contributed by atoms with Crippen LogP contribution in [0.4, 0.5) is 0 Å². The summed E-state index contributed by atoms with van der Waals surface area (Å²) in [6.07, 6.45) is 17.2. The van der Waals surface area contributed by atoms with Gasteiger partial charge in [0.2, 0.25) is 0 Å². The molecule has 7 atom stereocenters. The summed E-state index contributed by atoms with van der Waals surface area (Å²) < 4.78 is 0. The van der Waals surface area contributed by atoms with Crippen molar-refractivity contribution in [2.75, 3.05) is 0 Å². The molecule has 0 spiro atoms. The van der Waals surface area contributed by atoms with E-state index >= 15 is 0 Å². The minimum Gasteiger partial charge on any atom is -0.390 e. The fourth-order valence-corrected chi connectivity index (χ4v) is 7.94. The molecule has 0 radical (unpaired) electrons. The lowest BCUT2D eigenvalue weighted by Gasteiger charge is -2.47. The van der Waals surface area contributed by atoms with Gasteiger partial charge in [0, 0.05) is 0 Å². The molecule has 3 nitrogen and oxygen atoms in total. The van der Waals surface area contributed by atoms with E-state index in [1.165, 1.54) is 51.4 Å². The van der Waals surface area contributed by atoms with Gasteiger partial charge in [-0.3, -0.25) is 0 Å². The Hall–Kier alpha value is -0.900. The molecule has 3 rings (SSSR count). The Kier molecular flexibility index (Phi) is 9.91. The minimum absolute atomic E-state index is 0.336. The van der Waals surface area contributed by atoms with Gasteiger partial charge in [0.05, 0.1) is 17.8 Å². The van der Waals surface area contributed by atoms with Crippen LogP contribution in [0.3, 0.4) is 0 Å². The molecule has 0 aliphatic heterocycles. The Balaban J connectivity index is 1.78. The van der Waals surface area contributed by atoms with E-state index in [2.05, 4.69) is 53.3 Å². The molecule has 0 aromatic rings. The minimum atomic E-state index is -0.623. The monoisotopic (exact) mass is 486 g/mol. The third-order valence-corrected chi connectivity index (χ3v) is 10.6. The highest BCUT2D eigenvalue weighted by Crippen LogP contribution is 2.61. The lowest BCUT2D eigenvalue weighted by molar-refractivity contribution is -0.0176. The van der Waals surface area contributed by atoms with Crippen LogP contribution in [-0.4, -0.2) is 33.1 Å². The number of unbranched alkanes of at least 4 members (excludes halogenated alkanes) is 1. The predicted octanol–water partition coefficient (Wildman–Crippen LogP) is 7.51. The molecule has 35 heavy (non-hydrogen) atoms. The Morgan fingerprint density at radius 3 is 2.34 bits per heavy atom. The van der Waals surface area contributed by atoms with Gasteiger partial charge in [-0.1, -0.05) is 83.8 Å². The first kappa shape index (κ1) is 28.7. The molecule has 0 unspecified atom stereocenters. The molecule has 0 saturated heterocycles. The summed E-state index contributed by atoms with van der Waals surface area (Å²) in [5.41, 5.74) is 3.10. The second-order valence-electron chi connectivity index (χ2n) is 12.6. The Morgan fingerprint density at radius 2 is 1.74 bits per heavy atom. The number of allylic oxidation sites excluding steroid dienone is 3. The topological polar surface area (TPSA) is 60.7 Å². The van der Waals surface area contributed by atoms with Gasteiger partial charge in [-0.2, -0.15) is 0 Å². The molecular formula is C32H54O3. The van der Waals surface area contributed by atoms with E-state index in [1.54, 1.807) is 5.57 Å². The van der Waals surface area contributed by atoms with Crippen molar-refractivity contribution in [3.63, 3.8) is 0 Å². The van der Waals surface area contributed by atoms with Gasteiger partial charge in [-0.05, 0) is 98.9 Å². The highest BCUT2D eigenvalue weighted by atomic mass is 16.3. The van der Waals surface area contributed by atoms with Crippen LogP contribution in [0.15, 0.2) is 35.5 Å². The standard InChI is InChI=1S/C32H54O3/c1-7-10-12-26(21-32(35,8-2)9-3)22(4)27-16-17-28-25(13-11-18-31(27,28)6)15-14-24-19-29(33)23(5)30(34)20-24/h14-15,22,26-30,33-35H,5,7-13,16-21H2,1-4,6H3/b25-15+/t22-,26+,27-,28+,29-,30-,31-/m1/s1. The van der Waals surface area contributed by atoms with Crippen molar-refractivity contribution in [1.29, 1.82) is 0 Å². The molecule has 0 heterocycles. The lowest BCUT2D eigenvalue weighted by atomic mass is 9.58. The van der Waals surface area contributed by atoms with Crippen LogP contribution in [0.25, 0.3) is 0 Å². The molecule has 0 bridgehead atoms. The SMILES string of the molecule is C=C1[C@H](O)CC(=C/C=C2\CCC[C@]3(C)[C@@H]([C@H](C)[C@@H](CCCC)CC(O)(CC)CC)CC[C@@H]23)C[C@H]1O. The Morgan fingerprint density at radius 1 is 1.09 bits per heavy atom. The van der Waals surface area contributed by atoms with Gasteiger partial charge >= 0.3 is 0 Å². The zero-order chi connectivity index (χ0) is 25.8. The molecule has 3 fully saturated rings. The molecule has 0 aromatic carbocycles. The zero-order valence-corrected chi connectivity index (χ0v) is 23.4. The molecular weight excluding hydrogens is 432 g/mol. The summed E-state index contributed by atoms with van der Waals surface area (Å²) in [4.78, 5) is 0.